The van der Waals surface area contributed by atoms with Gasteiger partial charge in [0.2, 0.25) is 0 Å². The van der Waals surface area contributed by atoms with E-state index in [1.807, 2.05) is 4.90 Å². The van der Waals surface area contributed by atoms with Crippen molar-refractivity contribution in [2.24, 2.45) is 0 Å². The fourth-order valence-corrected chi connectivity index (χ4v) is 4.23. The molecule has 1 aromatic carbocycles. The molecule has 2 aromatic heterocycles. The molecule has 1 saturated heterocycles. The largest absolute Gasteiger partial charge is 0.416 e. The zero-order chi connectivity index (χ0) is 19.5. The predicted molar refractivity (Wildman–Crippen MR) is 92.8 cm³/mol. The Morgan fingerprint density at radius 3 is 2.68 bits per heavy atom. The number of hydrogen-bond donors (Lipinski definition) is 1. The fourth-order valence-electron chi connectivity index (χ4n) is 4.23. The summed E-state index contributed by atoms with van der Waals surface area (Å²) in [6.45, 7) is 0. The van der Waals surface area contributed by atoms with Gasteiger partial charge in [-0.1, -0.05) is 0 Å². The summed E-state index contributed by atoms with van der Waals surface area (Å²) in [6.07, 6.45) is 3.02. The van der Waals surface area contributed by atoms with Crippen molar-refractivity contribution in [1.29, 1.82) is 0 Å². The van der Waals surface area contributed by atoms with Gasteiger partial charge in [-0.2, -0.15) is 23.4 Å². The minimum atomic E-state index is -4.39. The van der Waals surface area contributed by atoms with Crippen LogP contribution in [-0.2, 0) is 12.6 Å². The average molecular weight is 387 g/mol. The summed E-state index contributed by atoms with van der Waals surface area (Å²) in [5, 5.41) is 11.3. The quantitative estimate of drug-likeness (QED) is 0.732. The Morgan fingerprint density at radius 1 is 1.14 bits per heavy atom. The van der Waals surface area contributed by atoms with E-state index in [0.29, 0.717) is 11.3 Å². The number of carbonyl (C=O) groups excluding carboxylic acids is 1. The summed E-state index contributed by atoms with van der Waals surface area (Å²) in [4.78, 5) is 15.0. The third-order valence-corrected chi connectivity index (χ3v) is 5.58. The number of aromatic nitrogens is 4. The van der Waals surface area contributed by atoms with Crippen LogP contribution in [0.2, 0.25) is 0 Å². The number of nitrogens with zero attached hydrogens (tertiary/aromatic N) is 4. The third kappa shape index (κ3) is 2.61. The fraction of sp³-hybridized carbons (Fsp3) is 0.316. The lowest BCUT2D eigenvalue weighted by molar-refractivity contribution is -0.137. The first-order chi connectivity index (χ1) is 13.4. The van der Waals surface area contributed by atoms with Crippen LogP contribution in [0.1, 0.15) is 46.1 Å². The Bertz CT molecular complexity index is 1040. The molecule has 1 N–H and O–H groups in total. The Hall–Kier alpha value is -3.10. The van der Waals surface area contributed by atoms with Crippen molar-refractivity contribution in [2.75, 3.05) is 0 Å². The molecule has 1 fully saturated rings. The summed E-state index contributed by atoms with van der Waals surface area (Å²) < 4.78 is 39.6. The molecule has 0 aliphatic carbocycles. The number of aromatic amines is 1. The molecule has 0 saturated carbocycles. The van der Waals surface area contributed by atoms with Gasteiger partial charge >= 0.3 is 6.18 Å². The van der Waals surface area contributed by atoms with E-state index in [4.69, 9.17) is 0 Å². The maximum Gasteiger partial charge on any atom is 0.416 e. The molecule has 6 nitrogen and oxygen atoms in total. The van der Waals surface area contributed by atoms with Gasteiger partial charge in [-0.3, -0.25) is 9.89 Å². The van der Waals surface area contributed by atoms with E-state index in [-0.39, 0.29) is 18.0 Å². The summed E-state index contributed by atoms with van der Waals surface area (Å²) in [5.74, 6) is -0.113. The van der Waals surface area contributed by atoms with E-state index in [2.05, 4.69) is 15.3 Å². The molecule has 2 aliphatic rings. The second-order valence-electron chi connectivity index (χ2n) is 7.19. The summed E-state index contributed by atoms with van der Waals surface area (Å²) in [7, 11) is 0. The van der Waals surface area contributed by atoms with Crippen molar-refractivity contribution >= 4 is 5.91 Å². The van der Waals surface area contributed by atoms with Crippen LogP contribution >= 0.6 is 0 Å². The number of hydrogen-bond acceptors (Lipinski definition) is 3. The van der Waals surface area contributed by atoms with Crippen LogP contribution in [0.25, 0.3) is 5.69 Å². The molecule has 0 radical (unpaired) electrons. The van der Waals surface area contributed by atoms with Crippen molar-refractivity contribution in [3.63, 3.8) is 0 Å². The van der Waals surface area contributed by atoms with E-state index in [0.717, 1.165) is 42.7 Å². The van der Waals surface area contributed by atoms with Gasteiger partial charge in [0.15, 0.2) is 0 Å². The highest BCUT2D eigenvalue weighted by Gasteiger charge is 2.43. The number of H-pyrrole nitrogens is 1. The number of benzene rings is 1. The van der Waals surface area contributed by atoms with Gasteiger partial charge in [0, 0.05) is 29.9 Å². The molecule has 3 aromatic rings. The molecule has 2 bridgehead atoms. The maximum absolute atomic E-state index is 13.1. The number of amides is 1. The van der Waals surface area contributed by atoms with Crippen LogP contribution in [0.4, 0.5) is 13.2 Å². The molecule has 144 valence electrons. The van der Waals surface area contributed by atoms with E-state index < -0.39 is 11.7 Å². The molecule has 5 rings (SSSR count). The lowest BCUT2D eigenvalue weighted by Gasteiger charge is -2.34. The predicted octanol–water partition coefficient (Wildman–Crippen LogP) is 3.52. The summed E-state index contributed by atoms with van der Waals surface area (Å²) in [6, 6.07) is 4.82. The van der Waals surface area contributed by atoms with Crippen LogP contribution in [0, 0.1) is 0 Å². The zero-order valence-corrected chi connectivity index (χ0v) is 14.6. The van der Waals surface area contributed by atoms with Gasteiger partial charge in [0.05, 0.1) is 35.2 Å². The van der Waals surface area contributed by atoms with E-state index in [1.54, 1.807) is 12.4 Å². The molecule has 2 aliphatic heterocycles. The molecule has 9 heteroatoms. The number of fused-ring (bicyclic) bond motifs is 4. The lowest BCUT2D eigenvalue weighted by Crippen LogP contribution is -2.41. The summed E-state index contributed by atoms with van der Waals surface area (Å²) >= 11 is 0. The van der Waals surface area contributed by atoms with Crippen LogP contribution in [0.3, 0.4) is 0 Å². The topological polar surface area (TPSA) is 66.8 Å². The van der Waals surface area contributed by atoms with Gasteiger partial charge in [0.25, 0.3) is 5.91 Å². The molecule has 0 spiro atoms. The molecule has 28 heavy (non-hydrogen) atoms. The molecule has 2 atom stereocenters. The Balaban J connectivity index is 1.40. The zero-order valence-electron chi connectivity index (χ0n) is 14.6. The SMILES string of the molecule is O=C(c1cnn(-c2ccc(C(F)(F)F)cc2)c1)N1C2CCC1c1cn[nH]c1C2. The maximum atomic E-state index is 13.1. The number of rotatable bonds is 2. The first-order valence-corrected chi connectivity index (χ1v) is 8.99. The first kappa shape index (κ1) is 17.0. The van der Waals surface area contributed by atoms with Crippen LogP contribution in [0.15, 0.2) is 42.9 Å². The highest BCUT2D eigenvalue weighted by molar-refractivity contribution is 5.94. The molecule has 1 amide bonds. The third-order valence-electron chi connectivity index (χ3n) is 5.58. The minimum Gasteiger partial charge on any atom is -0.328 e. The van der Waals surface area contributed by atoms with Gasteiger partial charge in [-0.05, 0) is 37.1 Å². The van der Waals surface area contributed by atoms with Gasteiger partial charge in [-0.25, -0.2) is 4.68 Å². The molecular weight excluding hydrogens is 371 g/mol. The van der Waals surface area contributed by atoms with Crippen molar-refractivity contribution < 1.29 is 18.0 Å². The second-order valence-corrected chi connectivity index (χ2v) is 7.19. The molecular formula is C19H16F3N5O. The number of alkyl halides is 3. The van der Waals surface area contributed by atoms with E-state index >= 15 is 0 Å². The van der Waals surface area contributed by atoms with Crippen LogP contribution < -0.4 is 0 Å². The molecule has 2 unspecified atom stereocenters. The smallest absolute Gasteiger partial charge is 0.328 e. The average Bonchev–Trinajstić information content (AvgIpc) is 3.40. The van der Waals surface area contributed by atoms with E-state index in [9.17, 15) is 18.0 Å². The van der Waals surface area contributed by atoms with Crippen molar-refractivity contribution in [2.45, 2.75) is 37.5 Å². The van der Waals surface area contributed by atoms with Gasteiger partial charge < -0.3 is 4.90 Å². The van der Waals surface area contributed by atoms with Gasteiger partial charge in [0.1, 0.15) is 0 Å². The Morgan fingerprint density at radius 2 is 1.93 bits per heavy atom. The normalized spacial score (nSPS) is 21.0. The Kier molecular flexibility index (Phi) is 3.62. The minimum absolute atomic E-state index is 0.00872. The first-order valence-electron chi connectivity index (χ1n) is 8.99. The van der Waals surface area contributed by atoms with Crippen LogP contribution in [-0.4, -0.2) is 36.8 Å². The van der Waals surface area contributed by atoms with Gasteiger partial charge in [-0.15, -0.1) is 0 Å². The highest BCUT2D eigenvalue weighted by atomic mass is 19.4. The summed E-state index contributed by atoms with van der Waals surface area (Å²) in [5.41, 5.74) is 2.32. The van der Waals surface area contributed by atoms with Crippen molar-refractivity contribution in [3.05, 3.63) is 65.2 Å². The standard InChI is InChI=1S/C19H16F3N5O/c20-19(21,22)12-1-3-13(4-2-12)26-10-11(8-24-26)18(28)27-14-5-6-17(27)15-9-23-25-16(15)7-14/h1-4,8-10,14,17H,5-7H2,(H,23,25). The van der Waals surface area contributed by atoms with Crippen molar-refractivity contribution in [1.82, 2.24) is 24.9 Å². The highest BCUT2D eigenvalue weighted by Crippen LogP contribution is 2.43. The second kappa shape index (κ2) is 5.95. The number of carbonyl (C=O) groups is 1. The number of halogens is 3. The van der Waals surface area contributed by atoms with Crippen LogP contribution in [0.5, 0.6) is 0 Å². The molecule has 4 heterocycles. The number of nitrogens with one attached hydrogen (secondary N) is 1. The van der Waals surface area contributed by atoms with Crippen molar-refractivity contribution in [3.8, 4) is 5.69 Å². The lowest BCUT2D eigenvalue weighted by atomic mass is 9.99. The Labute approximate surface area is 158 Å². The van der Waals surface area contributed by atoms with E-state index in [1.165, 1.54) is 23.0 Å². The monoisotopic (exact) mass is 387 g/mol.